The average molecular weight is 389 g/mol. The van der Waals surface area contributed by atoms with E-state index in [1.165, 1.54) is 5.69 Å². The summed E-state index contributed by atoms with van der Waals surface area (Å²) < 4.78 is 0. The number of hydrogen-bond acceptors (Lipinski definition) is 7. The number of aromatic nitrogens is 4. The van der Waals surface area contributed by atoms with E-state index >= 15 is 0 Å². The molecule has 4 aromatic rings. The Morgan fingerprint density at radius 3 is 2.82 bits per heavy atom. The molecule has 28 heavy (non-hydrogen) atoms. The number of thiazole rings is 1. The van der Waals surface area contributed by atoms with Gasteiger partial charge in [0.05, 0.1) is 28.8 Å². The van der Waals surface area contributed by atoms with Crippen LogP contribution in [0.25, 0.3) is 33.0 Å². The fourth-order valence-electron chi connectivity index (χ4n) is 3.73. The standard InChI is InChI=1S/C21H20N6S/c22-14-3-2-9-27(13-14)20-6-7-23-19-12-25-18(11-15(19)20)16-4-1-5-17(26-16)21-24-8-10-28-21/h1,4-8,10-12,14H,2-3,9,13,22H2. The molecule has 140 valence electrons. The van der Waals surface area contributed by atoms with Crippen molar-refractivity contribution in [2.24, 2.45) is 5.73 Å². The zero-order valence-corrected chi connectivity index (χ0v) is 16.1. The molecule has 1 aliphatic rings. The largest absolute Gasteiger partial charge is 0.369 e. The van der Waals surface area contributed by atoms with Gasteiger partial charge in [0.1, 0.15) is 5.01 Å². The summed E-state index contributed by atoms with van der Waals surface area (Å²) in [4.78, 5) is 20.6. The molecule has 1 saturated heterocycles. The van der Waals surface area contributed by atoms with Crippen molar-refractivity contribution in [1.29, 1.82) is 0 Å². The zero-order valence-electron chi connectivity index (χ0n) is 15.3. The van der Waals surface area contributed by atoms with E-state index in [1.807, 2.05) is 36.0 Å². The summed E-state index contributed by atoms with van der Waals surface area (Å²) in [6, 6.07) is 10.3. The minimum Gasteiger partial charge on any atom is -0.369 e. The van der Waals surface area contributed by atoms with Gasteiger partial charge in [-0.25, -0.2) is 9.97 Å². The van der Waals surface area contributed by atoms with Gasteiger partial charge in [0.25, 0.3) is 0 Å². The van der Waals surface area contributed by atoms with E-state index in [-0.39, 0.29) is 6.04 Å². The van der Waals surface area contributed by atoms with Crippen LogP contribution in [0, 0.1) is 0 Å². The van der Waals surface area contributed by atoms with Crippen molar-refractivity contribution in [2.45, 2.75) is 18.9 Å². The van der Waals surface area contributed by atoms with Gasteiger partial charge >= 0.3 is 0 Å². The molecule has 0 radical (unpaired) electrons. The van der Waals surface area contributed by atoms with Crippen molar-refractivity contribution in [2.75, 3.05) is 18.0 Å². The third-order valence-electron chi connectivity index (χ3n) is 5.07. The van der Waals surface area contributed by atoms with Crippen molar-refractivity contribution in [3.63, 3.8) is 0 Å². The highest BCUT2D eigenvalue weighted by Gasteiger charge is 2.19. The van der Waals surface area contributed by atoms with Crippen LogP contribution in [0.1, 0.15) is 12.8 Å². The maximum absolute atomic E-state index is 6.21. The molecule has 0 saturated carbocycles. The van der Waals surface area contributed by atoms with E-state index < -0.39 is 0 Å². The lowest BCUT2D eigenvalue weighted by molar-refractivity contribution is 0.507. The second-order valence-corrected chi connectivity index (χ2v) is 7.90. The summed E-state index contributed by atoms with van der Waals surface area (Å²) in [6.07, 6.45) is 7.67. The molecule has 5 heterocycles. The molecule has 7 heteroatoms. The van der Waals surface area contributed by atoms with Gasteiger partial charge in [-0.3, -0.25) is 9.97 Å². The average Bonchev–Trinajstić information content (AvgIpc) is 3.28. The molecule has 0 aliphatic carbocycles. The van der Waals surface area contributed by atoms with E-state index in [1.54, 1.807) is 17.5 Å². The van der Waals surface area contributed by atoms with E-state index in [0.29, 0.717) is 0 Å². The molecule has 0 aromatic carbocycles. The number of nitrogens with zero attached hydrogens (tertiary/aromatic N) is 5. The number of piperidine rings is 1. The molecule has 1 aliphatic heterocycles. The van der Waals surface area contributed by atoms with E-state index in [2.05, 4.69) is 32.0 Å². The van der Waals surface area contributed by atoms with Crippen LogP contribution in [-0.4, -0.2) is 39.1 Å². The summed E-state index contributed by atoms with van der Waals surface area (Å²) in [5.74, 6) is 0. The van der Waals surface area contributed by atoms with Crippen LogP contribution in [0.4, 0.5) is 5.69 Å². The Bertz CT molecular complexity index is 1110. The van der Waals surface area contributed by atoms with Crippen LogP contribution < -0.4 is 10.6 Å². The lowest BCUT2D eigenvalue weighted by Gasteiger charge is -2.33. The molecule has 0 bridgehead atoms. The van der Waals surface area contributed by atoms with Crippen LogP contribution in [0.2, 0.25) is 0 Å². The van der Waals surface area contributed by atoms with Crippen molar-refractivity contribution in [3.8, 4) is 22.1 Å². The molecular weight excluding hydrogens is 368 g/mol. The van der Waals surface area contributed by atoms with Crippen molar-refractivity contribution in [1.82, 2.24) is 19.9 Å². The van der Waals surface area contributed by atoms with E-state index in [4.69, 9.17) is 10.7 Å². The van der Waals surface area contributed by atoms with Crippen LogP contribution in [0.5, 0.6) is 0 Å². The number of hydrogen-bond donors (Lipinski definition) is 1. The third-order valence-corrected chi connectivity index (χ3v) is 5.86. The quantitative estimate of drug-likeness (QED) is 0.576. The SMILES string of the molecule is NC1CCCN(c2ccnc3cnc(-c4cccc(-c5nccs5)n4)cc23)C1. The molecular formula is C21H20N6S. The number of anilines is 1. The molecule has 6 nitrogen and oxygen atoms in total. The van der Waals surface area contributed by atoms with E-state index in [9.17, 15) is 0 Å². The minimum atomic E-state index is 0.218. The Morgan fingerprint density at radius 2 is 1.96 bits per heavy atom. The van der Waals surface area contributed by atoms with Crippen molar-refractivity contribution in [3.05, 3.63) is 54.3 Å². The topological polar surface area (TPSA) is 80.8 Å². The number of nitrogens with two attached hydrogens (primary N) is 1. The summed E-state index contributed by atoms with van der Waals surface area (Å²) in [7, 11) is 0. The van der Waals surface area contributed by atoms with Crippen LogP contribution in [0.15, 0.2) is 54.3 Å². The first-order valence-electron chi connectivity index (χ1n) is 9.40. The maximum Gasteiger partial charge on any atom is 0.141 e. The van der Waals surface area contributed by atoms with Gasteiger partial charge in [-0.2, -0.15) is 0 Å². The third kappa shape index (κ3) is 3.23. The van der Waals surface area contributed by atoms with Gasteiger partial charge in [0, 0.05) is 48.0 Å². The summed E-state index contributed by atoms with van der Waals surface area (Å²) in [5.41, 5.74) is 10.8. The molecule has 2 N–H and O–H groups in total. The fourth-order valence-corrected chi connectivity index (χ4v) is 4.33. The van der Waals surface area contributed by atoms with Crippen molar-refractivity contribution >= 4 is 27.9 Å². The fraction of sp³-hybridized carbons (Fsp3) is 0.238. The van der Waals surface area contributed by atoms with Gasteiger partial charge in [-0.1, -0.05) is 6.07 Å². The predicted molar refractivity (Wildman–Crippen MR) is 113 cm³/mol. The highest BCUT2D eigenvalue weighted by molar-refractivity contribution is 7.13. The number of pyridine rings is 3. The lowest BCUT2D eigenvalue weighted by atomic mass is 10.0. The van der Waals surface area contributed by atoms with Crippen LogP contribution in [0.3, 0.4) is 0 Å². The Kier molecular flexibility index (Phi) is 4.46. The summed E-state index contributed by atoms with van der Waals surface area (Å²) in [5, 5.41) is 3.95. The van der Waals surface area contributed by atoms with Gasteiger partial charge in [0.15, 0.2) is 0 Å². The van der Waals surface area contributed by atoms with Crippen LogP contribution in [-0.2, 0) is 0 Å². The summed E-state index contributed by atoms with van der Waals surface area (Å²) >= 11 is 1.58. The predicted octanol–water partition coefficient (Wildman–Crippen LogP) is 3.74. The second-order valence-electron chi connectivity index (χ2n) is 7.01. The second kappa shape index (κ2) is 7.26. The van der Waals surface area contributed by atoms with Gasteiger partial charge in [0.2, 0.25) is 0 Å². The molecule has 1 fully saturated rings. The van der Waals surface area contributed by atoms with Crippen molar-refractivity contribution < 1.29 is 0 Å². The van der Waals surface area contributed by atoms with E-state index in [0.717, 1.165) is 58.9 Å². The number of fused-ring (bicyclic) bond motifs is 1. The Morgan fingerprint density at radius 1 is 1.04 bits per heavy atom. The number of rotatable bonds is 3. The Balaban J connectivity index is 1.58. The molecule has 0 spiro atoms. The molecule has 1 atom stereocenters. The highest BCUT2D eigenvalue weighted by Crippen LogP contribution is 2.30. The first-order valence-corrected chi connectivity index (χ1v) is 10.3. The Hall–Kier alpha value is -2.90. The van der Waals surface area contributed by atoms with Gasteiger partial charge < -0.3 is 10.6 Å². The summed E-state index contributed by atoms with van der Waals surface area (Å²) in [6.45, 7) is 1.89. The maximum atomic E-state index is 6.21. The monoisotopic (exact) mass is 388 g/mol. The molecule has 4 aromatic heterocycles. The molecule has 1 unspecified atom stereocenters. The van der Waals surface area contributed by atoms with Gasteiger partial charge in [-0.15, -0.1) is 11.3 Å². The first kappa shape index (κ1) is 17.2. The normalized spacial score (nSPS) is 17.2. The molecule has 5 rings (SSSR count). The Labute approximate surface area is 167 Å². The molecule has 0 amide bonds. The highest BCUT2D eigenvalue weighted by atomic mass is 32.1. The van der Waals surface area contributed by atoms with Gasteiger partial charge in [-0.05, 0) is 37.1 Å². The smallest absolute Gasteiger partial charge is 0.141 e. The first-order chi connectivity index (χ1) is 13.8. The van der Waals surface area contributed by atoms with Crippen LogP contribution >= 0.6 is 11.3 Å². The lowest BCUT2D eigenvalue weighted by Crippen LogP contribution is -2.42. The zero-order chi connectivity index (χ0) is 18.9. The minimum absolute atomic E-state index is 0.218.